The Labute approximate surface area is 200 Å². The highest BCUT2D eigenvalue weighted by molar-refractivity contribution is 14.0. The summed E-state index contributed by atoms with van der Waals surface area (Å²) in [4.78, 5) is 19.0. The Morgan fingerprint density at radius 2 is 1.80 bits per heavy atom. The summed E-state index contributed by atoms with van der Waals surface area (Å²) in [6, 6.07) is 0.842. The number of carbonyl (C=O) groups is 1. The number of hydrogen-bond donors (Lipinski definition) is 2. The molecular formula is C23H43IN4O2. The molecule has 1 aliphatic heterocycles. The predicted octanol–water partition coefficient (Wildman–Crippen LogP) is 3.93. The Kier molecular flexibility index (Phi) is 10.2. The molecule has 2 N–H and O–H groups in total. The lowest BCUT2D eigenvalue weighted by Gasteiger charge is -2.58. The molecule has 1 amide bonds. The van der Waals surface area contributed by atoms with E-state index in [1.807, 2.05) is 18.7 Å². The average molecular weight is 535 g/mol. The first kappa shape index (κ1) is 25.7. The molecule has 0 aromatic carbocycles. The third kappa shape index (κ3) is 5.81. The van der Waals surface area contributed by atoms with Gasteiger partial charge < -0.3 is 20.3 Å². The number of hydrogen-bond acceptors (Lipinski definition) is 3. The quantitative estimate of drug-likeness (QED) is 0.308. The van der Waals surface area contributed by atoms with Crippen molar-refractivity contribution in [3.63, 3.8) is 0 Å². The molecule has 6 nitrogen and oxygen atoms in total. The fourth-order valence-electron chi connectivity index (χ4n) is 5.52. The molecule has 3 aliphatic rings. The number of guanidine groups is 1. The summed E-state index contributed by atoms with van der Waals surface area (Å²) < 4.78 is 6.11. The molecule has 0 aromatic rings. The van der Waals surface area contributed by atoms with Crippen molar-refractivity contribution < 1.29 is 9.53 Å². The number of halogens is 1. The monoisotopic (exact) mass is 534 g/mol. The van der Waals surface area contributed by atoms with Crippen LogP contribution in [0.2, 0.25) is 0 Å². The average Bonchev–Trinajstić information content (AvgIpc) is 2.73. The van der Waals surface area contributed by atoms with Gasteiger partial charge in [-0.2, -0.15) is 0 Å². The minimum absolute atomic E-state index is 0. The van der Waals surface area contributed by atoms with Crippen LogP contribution in [-0.4, -0.2) is 61.2 Å². The van der Waals surface area contributed by atoms with Crippen molar-refractivity contribution in [2.45, 2.75) is 97.2 Å². The van der Waals surface area contributed by atoms with Gasteiger partial charge in [-0.15, -0.1) is 24.0 Å². The van der Waals surface area contributed by atoms with E-state index in [9.17, 15) is 4.79 Å². The highest BCUT2D eigenvalue weighted by Crippen LogP contribution is 2.53. The molecule has 0 aromatic heterocycles. The van der Waals surface area contributed by atoms with Crippen LogP contribution in [0.25, 0.3) is 0 Å². The number of ether oxygens (including phenoxy) is 1. The van der Waals surface area contributed by atoms with Crippen molar-refractivity contribution >= 4 is 35.8 Å². The summed E-state index contributed by atoms with van der Waals surface area (Å²) in [6.07, 6.45) is 9.98. The number of nitrogens with zero attached hydrogens (tertiary/aromatic N) is 2. The third-order valence-electron chi connectivity index (χ3n) is 7.21. The van der Waals surface area contributed by atoms with Gasteiger partial charge in [0.25, 0.3) is 0 Å². The van der Waals surface area contributed by atoms with E-state index in [0.29, 0.717) is 18.2 Å². The van der Waals surface area contributed by atoms with Crippen LogP contribution in [0.1, 0.15) is 79.1 Å². The lowest BCUT2D eigenvalue weighted by atomic mass is 9.55. The maximum Gasteiger partial charge on any atom is 0.225 e. The molecule has 1 spiro atoms. The number of piperidine rings is 1. The van der Waals surface area contributed by atoms with Gasteiger partial charge in [0.15, 0.2) is 5.96 Å². The summed E-state index contributed by atoms with van der Waals surface area (Å²) in [5.74, 6) is 1.31. The second-order valence-corrected chi connectivity index (χ2v) is 9.39. The molecule has 3 fully saturated rings. The molecule has 0 radical (unpaired) electrons. The molecule has 2 aliphatic carbocycles. The zero-order chi connectivity index (χ0) is 20.9. The molecular weight excluding hydrogens is 491 g/mol. The first-order chi connectivity index (χ1) is 14.0. The second-order valence-electron chi connectivity index (χ2n) is 9.39. The van der Waals surface area contributed by atoms with Crippen LogP contribution >= 0.6 is 24.0 Å². The van der Waals surface area contributed by atoms with Crippen molar-refractivity contribution in [1.29, 1.82) is 0 Å². The van der Waals surface area contributed by atoms with Gasteiger partial charge in [0.2, 0.25) is 5.91 Å². The molecule has 174 valence electrons. The van der Waals surface area contributed by atoms with Crippen LogP contribution in [0.15, 0.2) is 4.99 Å². The van der Waals surface area contributed by atoms with E-state index < -0.39 is 0 Å². The minimum atomic E-state index is 0. The topological polar surface area (TPSA) is 66.0 Å². The van der Waals surface area contributed by atoms with E-state index in [1.165, 1.54) is 32.1 Å². The summed E-state index contributed by atoms with van der Waals surface area (Å²) in [6.45, 7) is 11.4. The number of aliphatic imine (C=N–C) groups is 1. The molecule has 1 heterocycles. The molecule has 0 bridgehead atoms. The molecule has 2 saturated carbocycles. The number of nitrogens with one attached hydrogen (secondary N) is 2. The van der Waals surface area contributed by atoms with Crippen molar-refractivity contribution in [1.82, 2.24) is 15.5 Å². The molecule has 2 unspecified atom stereocenters. The van der Waals surface area contributed by atoms with Crippen molar-refractivity contribution in [2.75, 3.05) is 26.2 Å². The number of carbonyl (C=O) groups excluding carboxylic acids is 1. The van der Waals surface area contributed by atoms with E-state index in [4.69, 9.17) is 9.73 Å². The molecule has 2 atom stereocenters. The van der Waals surface area contributed by atoms with Gasteiger partial charge in [-0.25, -0.2) is 0 Å². The Morgan fingerprint density at radius 1 is 1.13 bits per heavy atom. The van der Waals surface area contributed by atoms with Gasteiger partial charge in [0, 0.05) is 49.7 Å². The fraction of sp³-hybridized carbons (Fsp3) is 0.913. The second kappa shape index (κ2) is 11.9. The van der Waals surface area contributed by atoms with Gasteiger partial charge in [0.1, 0.15) is 0 Å². The summed E-state index contributed by atoms with van der Waals surface area (Å²) in [7, 11) is 0. The van der Waals surface area contributed by atoms with Crippen molar-refractivity contribution in [2.24, 2.45) is 16.3 Å². The molecule has 30 heavy (non-hydrogen) atoms. The summed E-state index contributed by atoms with van der Waals surface area (Å²) >= 11 is 0. The molecule has 7 heteroatoms. The minimum Gasteiger partial charge on any atom is -0.378 e. The first-order valence-electron chi connectivity index (χ1n) is 12.0. The zero-order valence-corrected chi connectivity index (χ0v) is 21.7. The van der Waals surface area contributed by atoms with E-state index in [0.717, 1.165) is 51.5 Å². The Hall–Kier alpha value is -0.570. The Balaban J connectivity index is 0.00000320. The highest BCUT2D eigenvalue weighted by atomic mass is 127. The predicted molar refractivity (Wildman–Crippen MR) is 133 cm³/mol. The highest BCUT2D eigenvalue weighted by Gasteiger charge is 2.56. The van der Waals surface area contributed by atoms with Crippen LogP contribution in [0, 0.1) is 11.3 Å². The smallest absolute Gasteiger partial charge is 0.225 e. The Bertz CT molecular complexity index is 570. The number of likely N-dealkylation sites (tertiary alicyclic amines) is 1. The Morgan fingerprint density at radius 3 is 2.37 bits per heavy atom. The van der Waals surface area contributed by atoms with Gasteiger partial charge in [-0.1, -0.05) is 33.1 Å². The van der Waals surface area contributed by atoms with E-state index >= 15 is 0 Å². The van der Waals surface area contributed by atoms with Gasteiger partial charge in [0.05, 0.1) is 6.10 Å². The summed E-state index contributed by atoms with van der Waals surface area (Å²) in [5.41, 5.74) is 0.289. The number of rotatable bonds is 6. The van der Waals surface area contributed by atoms with Crippen molar-refractivity contribution in [3.8, 4) is 0 Å². The van der Waals surface area contributed by atoms with Gasteiger partial charge >= 0.3 is 0 Å². The summed E-state index contributed by atoms with van der Waals surface area (Å²) in [5, 5.41) is 7.45. The maximum atomic E-state index is 12.2. The fourth-order valence-corrected chi connectivity index (χ4v) is 5.52. The van der Waals surface area contributed by atoms with Crippen LogP contribution in [-0.2, 0) is 9.53 Å². The van der Waals surface area contributed by atoms with Crippen molar-refractivity contribution in [3.05, 3.63) is 0 Å². The van der Waals surface area contributed by atoms with Crippen LogP contribution in [0.3, 0.4) is 0 Å². The SMILES string of the molecule is CCN=C(NC1CCN(C(=O)C(C)C)CC1)NC1CC(OCC)C12CCCCC2.I. The first-order valence-corrected chi connectivity index (χ1v) is 12.0. The lowest BCUT2D eigenvalue weighted by Crippen LogP contribution is -2.67. The maximum absolute atomic E-state index is 12.2. The molecule has 3 rings (SSSR count). The van der Waals surface area contributed by atoms with Crippen LogP contribution < -0.4 is 10.6 Å². The van der Waals surface area contributed by atoms with Gasteiger partial charge in [-0.3, -0.25) is 9.79 Å². The number of amides is 1. The largest absolute Gasteiger partial charge is 0.378 e. The normalized spacial score (nSPS) is 26.8. The third-order valence-corrected chi connectivity index (χ3v) is 7.21. The van der Waals surface area contributed by atoms with E-state index in [-0.39, 0.29) is 41.2 Å². The van der Waals surface area contributed by atoms with Gasteiger partial charge in [-0.05, 0) is 46.0 Å². The van der Waals surface area contributed by atoms with E-state index in [2.05, 4.69) is 24.5 Å². The standard InChI is InChI=1S/C23H42N4O2.HI/c1-5-24-22(25-18-10-14-27(15-11-18)21(28)17(3)4)26-19-16-20(29-6-2)23(19)12-8-7-9-13-23;/h17-20H,5-16H2,1-4H3,(H2,24,25,26);1H. The zero-order valence-electron chi connectivity index (χ0n) is 19.4. The lowest BCUT2D eigenvalue weighted by molar-refractivity contribution is -0.145. The van der Waals surface area contributed by atoms with Crippen LogP contribution in [0.4, 0.5) is 0 Å². The molecule has 1 saturated heterocycles. The van der Waals surface area contributed by atoms with E-state index in [1.54, 1.807) is 0 Å². The van der Waals surface area contributed by atoms with Crippen LogP contribution in [0.5, 0.6) is 0 Å².